The van der Waals surface area contributed by atoms with Crippen molar-refractivity contribution in [2.45, 2.75) is 32.7 Å². The Bertz CT molecular complexity index is 417. The van der Waals surface area contributed by atoms with E-state index in [9.17, 15) is 0 Å². The number of rotatable bonds is 6. The maximum atomic E-state index is 5.41. The van der Waals surface area contributed by atoms with Crippen LogP contribution in [-0.2, 0) is 6.54 Å². The van der Waals surface area contributed by atoms with Gasteiger partial charge in [0.25, 0.3) is 0 Å². The summed E-state index contributed by atoms with van der Waals surface area (Å²) in [6.07, 6.45) is 4.00. The summed E-state index contributed by atoms with van der Waals surface area (Å²) in [5, 5.41) is 3.26. The molecule has 0 bridgehead atoms. The van der Waals surface area contributed by atoms with E-state index in [1.807, 2.05) is 7.05 Å². The lowest BCUT2D eigenvalue weighted by atomic mass is 9.93. The molecule has 0 radical (unpaired) electrons. The molecule has 0 saturated carbocycles. The van der Waals surface area contributed by atoms with Crippen molar-refractivity contribution in [3.05, 3.63) is 29.3 Å². The van der Waals surface area contributed by atoms with Crippen LogP contribution >= 0.6 is 12.4 Å². The lowest BCUT2D eigenvalue weighted by Crippen LogP contribution is -2.34. The second-order valence-corrected chi connectivity index (χ2v) is 5.92. The van der Waals surface area contributed by atoms with Crippen LogP contribution in [0.25, 0.3) is 0 Å². The van der Waals surface area contributed by atoms with Gasteiger partial charge in [0.2, 0.25) is 0 Å². The molecular weight excluding hydrogens is 284 g/mol. The quantitative estimate of drug-likeness (QED) is 0.872. The molecule has 0 atom stereocenters. The highest BCUT2D eigenvalue weighted by molar-refractivity contribution is 5.85. The third-order valence-corrected chi connectivity index (χ3v) is 4.39. The Morgan fingerprint density at radius 1 is 1.29 bits per heavy atom. The number of nitrogens with zero attached hydrogens (tertiary/aromatic N) is 1. The van der Waals surface area contributed by atoms with Gasteiger partial charge in [-0.15, -0.1) is 12.4 Å². The molecule has 0 unspecified atom stereocenters. The van der Waals surface area contributed by atoms with Gasteiger partial charge in [-0.1, -0.05) is 12.1 Å². The second kappa shape index (κ2) is 9.29. The Kier molecular flexibility index (Phi) is 8.09. The van der Waals surface area contributed by atoms with E-state index in [4.69, 9.17) is 4.74 Å². The summed E-state index contributed by atoms with van der Waals surface area (Å²) in [6.45, 7) is 6.75. The van der Waals surface area contributed by atoms with Crippen LogP contribution in [0.2, 0.25) is 0 Å². The fourth-order valence-corrected chi connectivity index (χ4v) is 3.00. The minimum absolute atomic E-state index is 0. The van der Waals surface area contributed by atoms with Crippen LogP contribution < -0.4 is 10.1 Å². The molecule has 1 aliphatic rings. The molecule has 0 spiro atoms. The highest BCUT2D eigenvalue weighted by atomic mass is 35.5. The monoisotopic (exact) mass is 312 g/mol. The van der Waals surface area contributed by atoms with Gasteiger partial charge in [0.15, 0.2) is 0 Å². The normalized spacial score (nSPS) is 16.5. The molecular formula is C17H29ClN2O. The third kappa shape index (κ3) is 5.50. The number of halogens is 1. The van der Waals surface area contributed by atoms with Gasteiger partial charge < -0.3 is 10.1 Å². The van der Waals surface area contributed by atoms with Gasteiger partial charge >= 0.3 is 0 Å². The van der Waals surface area contributed by atoms with Crippen molar-refractivity contribution in [2.75, 3.05) is 33.8 Å². The number of hydrogen-bond acceptors (Lipinski definition) is 3. The molecule has 2 rings (SSSR count). The van der Waals surface area contributed by atoms with Crippen LogP contribution in [0.3, 0.4) is 0 Å². The van der Waals surface area contributed by atoms with Gasteiger partial charge in [-0.3, -0.25) is 4.90 Å². The van der Waals surface area contributed by atoms with Crippen molar-refractivity contribution < 1.29 is 4.74 Å². The minimum atomic E-state index is 0. The van der Waals surface area contributed by atoms with Gasteiger partial charge in [0.1, 0.15) is 5.75 Å². The van der Waals surface area contributed by atoms with E-state index in [2.05, 4.69) is 35.3 Å². The minimum Gasteiger partial charge on any atom is -0.496 e. The molecule has 1 N–H and O–H groups in total. The Balaban J connectivity index is 0.00000220. The third-order valence-electron chi connectivity index (χ3n) is 4.39. The Labute approximate surface area is 135 Å². The molecule has 1 heterocycles. The van der Waals surface area contributed by atoms with E-state index >= 15 is 0 Å². The molecule has 1 aliphatic heterocycles. The summed E-state index contributed by atoms with van der Waals surface area (Å²) in [5.74, 6) is 1.91. The first kappa shape index (κ1) is 18.3. The lowest BCUT2D eigenvalue weighted by molar-refractivity contribution is 0.172. The number of piperidine rings is 1. The van der Waals surface area contributed by atoms with Crippen LogP contribution in [0.15, 0.2) is 18.2 Å². The average Bonchev–Trinajstić information content (AvgIpc) is 2.48. The van der Waals surface area contributed by atoms with Crippen molar-refractivity contribution >= 4 is 12.4 Å². The molecule has 3 nitrogen and oxygen atoms in total. The van der Waals surface area contributed by atoms with Crippen molar-refractivity contribution in [2.24, 2.45) is 5.92 Å². The summed E-state index contributed by atoms with van der Waals surface area (Å²) in [4.78, 5) is 2.57. The van der Waals surface area contributed by atoms with E-state index in [0.717, 1.165) is 24.8 Å². The summed E-state index contributed by atoms with van der Waals surface area (Å²) in [7, 11) is 3.79. The fourth-order valence-electron chi connectivity index (χ4n) is 3.00. The molecule has 1 fully saturated rings. The first-order valence-electron chi connectivity index (χ1n) is 7.73. The van der Waals surface area contributed by atoms with Crippen LogP contribution in [0.1, 0.15) is 30.4 Å². The molecule has 4 heteroatoms. The average molecular weight is 313 g/mol. The molecule has 1 aromatic rings. The fraction of sp³-hybridized carbons (Fsp3) is 0.647. The number of methoxy groups -OCH3 is 1. The predicted octanol–water partition coefficient (Wildman–Crippen LogP) is 3.25. The van der Waals surface area contributed by atoms with Crippen LogP contribution in [0.4, 0.5) is 0 Å². The van der Waals surface area contributed by atoms with E-state index in [1.54, 1.807) is 7.11 Å². The number of ether oxygens (including phenoxy) is 1. The first-order chi connectivity index (χ1) is 9.72. The number of aryl methyl sites for hydroxylation is 1. The summed E-state index contributed by atoms with van der Waals surface area (Å²) < 4.78 is 5.41. The highest BCUT2D eigenvalue weighted by Gasteiger charge is 2.18. The van der Waals surface area contributed by atoms with Crippen molar-refractivity contribution in [1.82, 2.24) is 10.2 Å². The standard InChI is InChI=1S/C17H28N2O.ClH/c1-14-4-5-16(12-17(14)20-3)13-19-10-7-15(8-11-19)6-9-18-2;/h4-5,12,15,18H,6-11,13H2,1-3H3;1H. The van der Waals surface area contributed by atoms with Crippen molar-refractivity contribution in [3.63, 3.8) is 0 Å². The predicted molar refractivity (Wildman–Crippen MR) is 91.5 cm³/mol. The Morgan fingerprint density at radius 2 is 2.00 bits per heavy atom. The zero-order chi connectivity index (χ0) is 14.4. The molecule has 1 saturated heterocycles. The smallest absolute Gasteiger partial charge is 0.122 e. The molecule has 1 aromatic carbocycles. The molecule has 0 amide bonds. The van der Waals surface area contributed by atoms with Gasteiger partial charge in [0, 0.05) is 6.54 Å². The Hall–Kier alpha value is -0.770. The van der Waals surface area contributed by atoms with Crippen molar-refractivity contribution in [1.29, 1.82) is 0 Å². The van der Waals surface area contributed by atoms with Crippen LogP contribution in [0, 0.1) is 12.8 Å². The van der Waals surface area contributed by atoms with Gasteiger partial charge in [0.05, 0.1) is 7.11 Å². The zero-order valence-corrected chi connectivity index (χ0v) is 14.3. The van der Waals surface area contributed by atoms with E-state index in [1.165, 1.54) is 43.5 Å². The van der Waals surface area contributed by atoms with Gasteiger partial charge in [-0.05, 0) is 76.0 Å². The number of benzene rings is 1. The summed E-state index contributed by atoms with van der Waals surface area (Å²) in [5.41, 5.74) is 2.57. The number of likely N-dealkylation sites (tertiary alicyclic amines) is 1. The van der Waals surface area contributed by atoms with Crippen LogP contribution in [-0.4, -0.2) is 38.7 Å². The zero-order valence-electron chi connectivity index (χ0n) is 13.5. The summed E-state index contributed by atoms with van der Waals surface area (Å²) in [6, 6.07) is 6.57. The number of hydrogen-bond donors (Lipinski definition) is 1. The largest absolute Gasteiger partial charge is 0.496 e. The molecule has 0 aliphatic carbocycles. The molecule has 21 heavy (non-hydrogen) atoms. The SMILES string of the molecule is CNCCC1CCN(Cc2ccc(C)c(OC)c2)CC1.Cl. The molecule has 120 valence electrons. The maximum Gasteiger partial charge on any atom is 0.122 e. The number of nitrogens with one attached hydrogen (secondary N) is 1. The van der Waals surface area contributed by atoms with E-state index in [0.29, 0.717) is 0 Å². The first-order valence-corrected chi connectivity index (χ1v) is 7.73. The van der Waals surface area contributed by atoms with Crippen molar-refractivity contribution in [3.8, 4) is 5.75 Å². The van der Waals surface area contributed by atoms with Gasteiger partial charge in [-0.2, -0.15) is 0 Å². The Morgan fingerprint density at radius 3 is 2.62 bits per heavy atom. The molecule has 0 aromatic heterocycles. The second-order valence-electron chi connectivity index (χ2n) is 5.92. The van der Waals surface area contributed by atoms with E-state index in [-0.39, 0.29) is 12.4 Å². The maximum absolute atomic E-state index is 5.41. The van der Waals surface area contributed by atoms with E-state index < -0.39 is 0 Å². The summed E-state index contributed by atoms with van der Waals surface area (Å²) >= 11 is 0. The lowest BCUT2D eigenvalue weighted by Gasteiger charge is -2.32. The van der Waals surface area contributed by atoms with Gasteiger partial charge in [-0.25, -0.2) is 0 Å². The van der Waals surface area contributed by atoms with Crippen LogP contribution in [0.5, 0.6) is 5.75 Å². The topological polar surface area (TPSA) is 24.5 Å². The highest BCUT2D eigenvalue weighted by Crippen LogP contribution is 2.24.